The molecule has 0 bridgehead atoms. The largest absolute Gasteiger partial charge is 0.489 e. The summed E-state index contributed by atoms with van der Waals surface area (Å²) in [6.07, 6.45) is 0. The van der Waals surface area contributed by atoms with E-state index in [1.165, 1.54) is 0 Å². The molecule has 0 fully saturated rings. The van der Waals surface area contributed by atoms with E-state index >= 15 is 0 Å². The number of para-hydroxylation sites is 1. The maximum Gasteiger partial charge on any atom is 0.211 e. The third-order valence-corrected chi connectivity index (χ3v) is 5.25. The number of aromatic amines is 1. The molecular weight excluding hydrogens is 430 g/mol. The van der Waals surface area contributed by atoms with E-state index in [4.69, 9.17) is 14.2 Å². The molecule has 0 atom stereocenters. The van der Waals surface area contributed by atoms with E-state index in [9.17, 15) is 0 Å². The molecule has 8 nitrogen and oxygen atoms in total. The maximum absolute atomic E-state index is 6.07. The summed E-state index contributed by atoms with van der Waals surface area (Å²) >= 11 is 0. The summed E-state index contributed by atoms with van der Waals surface area (Å²) in [5.74, 6) is 2.70. The molecule has 0 saturated heterocycles. The summed E-state index contributed by atoms with van der Waals surface area (Å²) in [5, 5.41) is 14.8. The second-order valence-electron chi connectivity index (χ2n) is 7.76. The Hall–Kier alpha value is -4.46. The van der Waals surface area contributed by atoms with E-state index in [1.807, 2.05) is 79.7 Å². The third kappa shape index (κ3) is 5.29. The van der Waals surface area contributed by atoms with Gasteiger partial charge in [-0.2, -0.15) is 5.21 Å². The molecule has 170 valence electrons. The molecule has 0 aliphatic rings. The lowest BCUT2D eigenvalue weighted by Gasteiger charge is -2.13. The monoisotopic (exact) mass is 453 g/mol. The number of pyridine rings is 1. The molecule has 1 N–H and O–H groups in total. The van der Waals surface area contributed by atoms with Crippen LogP contribution < -0.4 is 14.2 Å². The van der Waals surface area contributed by atoms with Gasteiger partial charge in [0.25, 0.3) is 0 Å². The number of tetrazole rings is 1. The van der Waals surface area contributed by atoms with E-state index < -0.39 is 0 Å². The molecule has 0 unspecified atom stereocenters. The molecule has 0 radical (unpaired) electrons. The predicted molar refractivity (Wildman–Crippen MR) is 127 cm³/mol. The van der Waals surface area contributed by atoms with Crippen molar-refractivity contribution in [2.24, 2.45) is 0 Å². The summed E-state index contributed by atoms with van der Waals surface area (Å²) in [6, 6.07) is 25.6. The molecule has 34 heavy (non-hydrogen) atoms. The van der Waals surface area contributed by atoms with Crippen molar-refractivity contribution < 1.29 is 14.2 Å². The van der Waals surface area contributed by atoms with Gasteiger partial charge in [0.15, 0.2) is 6.61 Å². The Balaban J connectivity index is 1.20. The van der Waals surface area contributed by atoms with Gasteiger partial charge in [-0.1, -0.05) is 47.7 Å². The number of benzene rings is 3. The molecule has 2 heterocycles. The van der Waals surface area contributed by atoms with E-state index in [2.05, 4.69) is 31.7 Å². The summed E-state index contributed by atoms with van der Waals surface area (Å²) in [7, 11) is 0. The summed E-state index contributed by atoms with van der Waals surface area (Å²) in [4.78, 5) is 4.68. The topological polar surface area (TPSA) is 95.0 Å². The molecule has 0 saturated carbocycles. The van der Waals surface area contributed by atoms with Crippen LogP contribution in [0.15, 0.2) is 78.9 Å². The highest BCUT2D eigenvalue weighted by Gasteiger charge is 2.07. The van der Waals surface area contributed by atoms with Crippen molar-refractivity contribution in [3.8, 4) is 17.2 Å². The fraction of sp³-hybridized carbons (Fsp3) is 0.154. The zero-order valence-electron chi connectivity index (χ0n) is 18.6. The van der Waals surface area contributed by atoms with Crippen LogP contribution in [-0.4, -0.2) is 25.6 Å². The van der Waals surface area contributed by atoms with Gasteiger partial charge in [0.1, 0.15) is 30.5 Å². The molecule has 8 heteroatoms. The van der Waals surface area contributed by atoms with Crippen molar-refractivity contribution in [1.29, 1.82) is 0 Å². The standard InChI is InChI=1S/C26H23N5O3/c1-18-9-12-23(14-25(18)34-16-21-11-10-20-6-2-3-8-24(20)27-21)32-15-19-5-4-7-22(13-19)33-17-26-28-30-31-29-26/h2-14H,15-17H2,1H3,(H,28,29,30,31). The van der Waals surface area contributed by atoms with Crippen LogP contribution in [0.1, 0.15) is 22.6 Å². The lowest BCUT2D eigenvalue weighted by molar-refractivity contribution is 0.283. The molecule has 5 rings (SSSR count). The first kappa shape index (κ1) is 21.4. The Morgan fingerprint density at radius 1 is 0.765 bits per heavy atom. The zero-order valence-corrected chi connectivity index (χ0v) is 18.6. The van der Waals surface area contributed by atoms with Gasteiger partial charge in [-0.3, -0.25) is 0 Å². The number of nitrogens with one attached hydrogen (secondary N) is 1. The Morgan fingerprint density at radius 2 is 1.65 bits per heavy atom. The van der Waals surface area contributed by atoms with Crippen LogP contribution in [0.4, 0.5) is 0 Å². The number of H-pyrrole nitrogens is 1. The molecule has 0 aliphatic heterocycles. The van der Waals surface area contributed by atoms with Crippen molar-refractivity contribution in [3.63, 3.8) is 0 Å². The first-order valence-corrected chi connectivity index (χ1v) is 10.9. The average Bonchev–Trinajstić information content (AvgIpc) is 3.40. The molecular formula is C26H23N5O3. The van der Waals surface area contributed by atoms with Crippen molar-refractivity contribution in [2.75, 3.05) is 0 Å². The number of hydrogen-bond donors (Lipinski definition) is 1. The van der Waals surface area contributed by atoms with Crippen molar-refractivity contribution in [3.05, 3.63) is 102 Å². The number of nitrogens with zero attached hydrogens (tertiary/aromatic N) is 4. The van der Waals surface area contributed by atoms with Gasteiger partial charge in [0, 0.05) is 11.5 Å². The smallest absolute Gasteiger partial charge is 0.211 e. The highest BCUT2D eigenvalue weighted by molar-refractivity contribution is 5.78. The van der Waals surface area contributed by atoms with E-state index in [1.54, 1.807) is 0 Å². The zero-order chi connectivity index (χ0) is 23.2. The Kier molecular flexibility index (Phi) is 6.29. The van der Waals surface area contributed by atoms with Crippen LogP contribution in [-0.2, 0) is 19.8 Å². The minimum Gasteiger partial charge on any atom is -0.489 e. The van der Waals surface area contributed by atoms with Crippen LogP contribution in [0.2, 0.25) is 0 Å². The predicted octanol–water partition coefficient (Wildman–Crippen LogP) is 4.79. The van der Waals surface area contributed by atoms with E-state index in [-0.39, 0.29) is 6.61 Å². The molecule has 0 amide bonds. The van der Waals surface area contributed by atoms with Crippen LogP contribution >= 0.6 is 0 Å². The lowest BCUT2D eigenvalue weighted by atomic mass is 10.2. The molecule has 3 aromatic carbocycles. The second kappa shape index (κ2) is 9.99. The fourth-order valence-corrected chi connectivity index (χ4v) is 3.45. The van der Waals surface area contributed by atoms with Gasteiger partial charge in [-0.05, 0) is 48.4 Å². The third-order valence-electron chi connectivity index (χ3n) is 5.25. The Labute approximate surface area is 196 Å². The molecule has 5 aromatic rings. The maximum atomic E-state index is 6.07. The summed E-state index contributed by atoms with van der Waals surface area (Å²) < 4.78 is 17.8. The highest BCUT2D eigenvalue weighted by atomic mass is 16.5. The van der Waals surface area contributed by atoms with E-state index in [0.29, 0.717) is 24.8 Å². The van der Waals surface area contributed by atoms with Gasteiger partial charge in [-0.15, -0.1) is 10.2 Å². The number of aryl methyl sites for hydroxylation is 1. The van der Waals surface area contributed by atoms with Gasteiger partial charge in [0.05, 0.1) is 11.2 Å². The molecule has 0 aliphatic carbocycles. The SMILES string of the molecule is Cc1ccc(OCc2cccc(OCc3nn[nH]n3)c2)cc1OCc1ccc2ccccc2n1. The summed E-state index contributed by atoms with van der Waals surface area (Å²) in [6.45, 7) is 3.03. The van der Waals surface area contributed by atoms with E-state index in [0.717, 1.165) is 39.2 Å². The first-order valence-electron chi connectivity index (χ1n) is 10.9. The van der Waals surface area contributed by atoms with Gasteiger partial charge < -0.3 is 14.2 Å². The number of ether oxygens (including phenoxy) is 3. The highest BCUT2D eigenvalue weighted by Crippen LogP contribution is 2.26. The number of hydrogen-bond acceptors (Lipinski definition) is 7. The van der Waals surface area contributed by atoms with Gasteiger partial charge >= 0.3 is 0 Å². The number of rotatable bonds is 9. The van der Waals surface area contributed by atoms with Crippen LogP contribution in [0.5, 0.6) is 17.2 Å². The van der Waals surface area contributed by atoms with Crippen LogP contribution in [0, 0.1) is 6.92 Å². The second-order valence-corrected chi connectivity index (χ2v) is 7.76. The van der Waals surface area contributed by atoms with Crippen molar-refractivity contribution in [2.45, 2.75) is 26.7 Å². The van der Waals surface area contributed by atoms with Gasteiger partial charge in [-0.25, -0.2) is 4.98 Å². The quantitative estimate of drug-likeness (QED) is 0.343. The first-order chi connectivity index (χ1) is 16.7. The van der Waals surface area contributed by atoms with Gasteiger partial charge in [0.2, 0.25) is 5.82 Å². The normalized spacial score (nSPS) is 10.9. The minimum absolute atomic E-state index is 0.242. The average molecular weight is 454 g/mol. The lowest BCUT2D eigenvalue weighted by Crippen LogP contribution is -2.01. The minimum atomic E-state index is 0.242. The summed E-state index contributed by atoms with van der Waals surface area (Å²) in [5.41, 5.74) is 3.85. The Bertz CT molecular complexity index is 1390. The number of fused-ring (bicyclic) bond motifs is 1. The molecule has 0 spiro atoms. The van der Waals surface area contributed by atoms with Crippen LogP contribution in [0.25, 0.3) is 10.9 Å². The van der Waals surface area contributed by atoms with Crippen molar-refractivity contribution >= 4 is 10.9 Å². The van der Waals surface area contributed by atoms with Crippen molar-refractivity contribution in [1.82, 2.24) is 25.6 Å². The Morgan fingerprint density at radius 3 is 2.56 bits per heavy atom. The number of aromatic nitrogens is 5. The fourth-order valence-electron chi connectivity index (χ4n) is 3.45. The van der Waals surface area contributed by atoms with Crippen LogP contribution in [0.3, 0.4) is 0 Å². The molecule has 2 aromatic heterocycles.